The van der Waals surface area contributed by atoms with Gasteiger partial charge in [-0.25, -0.2) is 8.42 Å². The van der Waals surface area contributed by atoms with E-state index in [0.717, 1.165) is 42.8 Å². The Morgan fingerprint density at radius 2 is 1.93 bits per heavy atom. The molecule has 1 heterocycles. The molecule has 27 heavy (non-hydrogen) atoms. The van der Waals surface area contributed by atoms with E-state index in [0.29, 0.717) is 26.2 Å². The topological polar surface area (TPSA) is 69.7 Å². The number of nitrogens with zero attached hydrogens (tertiary/aromatic N) is 2. The zero-order valence-corrected chi connectivity index (χ0v) is 17.3. The summed E-state index contributed by atoms with van der Waals surface area (Å²) in [4.78, 5) is 14.9. The molecule has 1 N–H and O–H groups in total. The highest BCUT2D eigenvalue weighted by atomic mass is 35.5. The number of sulfonamides is 1. The van der Waals surface area contributed by atoms with E-state index in [4.69, 9.17) is 11.6 Å². The Balaban J connectivity index is 1.76. The minimum Gasteiger partial charge on any atom is -0.355 e. The first-order chi connectivity index (χ1) is 12.9. The molecule has 1 aromatic rings. The highest BCUT2D eigenvalue weighted by Gasteiger charge is 2.40. The molecule has 2 fully saturated rings. The maximum atomic E-state index is 12.6. The van der Waals surface area contributed by atoms with Gasteiger partial charge in [-0.05, 0) is 37.4 Å². The third-order valence-corrected chi connectivity index (χ3v) is 7.22. The van der Waals surface area contributed by atoms with Gasteiger partial charge in [-0.2, -0.15) is 4.31 Å². The maximum absolute atomic E-state index is 12.6. The van der Waals surface area contributed by atoms with Crippen molar-refractivity contribution >= 4 is 27.5 Å². The van der Waals surface area contributed by atoms with E-state index in [9.17, 15) is 13.2 Å². The van der Waals surface area contributed by atoms with Crippen LogP contribution in [0.15, 0.2) is 24.3 Å². The molecule has 6 nitrogen and oxygen atoms in total. The Morgan fingerprint density at radius 3 is 2.67 bits per heavy atom. The monoisotopic (exact) mass is 413 g/mol. The molecule has 0 bridgehead atoms. The van der Waals surface area contributed by atoms with Gasteiger partial charge in [0.05, 0.1) is 12.2 Å². The molecule has 0 radical (unpaired) electrons. The number of hydrogen-bond donors (Lipinski definition) is 1. The van der Waals surface area contributed by atoms with Gasteiger partial charge in [-0.15, -0.1) is 0 Å². The van der Waals surface area contributed by atoms with Gasteiger partial charge in [0.1, 0.15) is 0 Å². The van der Waals surface area contributed by atoms with Crippen molar-refractivity contribution in [3.8, 4) is 0 Å². The predicted octanol–water partition coefficient (Wildman–Crippen LogP) is 2.09. The summed E-state index contributed by atoms with van der Waals surface area (Å²) in [5.41, 5.74) is 1.04. The van der Waals surface area contributed by atoms with E-state index >= 15 is 0 Å². The standard InChI is InChI=1S/C19H28ClN3O3S/c1-27(25,26)23-12-5-11-22(14-15-6-2-3-8-17(15)20)13-10-21-19(24)16-7-4-9-18(16)23/h2-3,6,8,16,18H,4-5,7,9-14H2,1H3,(H,21,24). The first kappa shape index (κ1) is 20.6. The minimum absolute atomic E-state index is 0.0225. The van der Waals surface area contributed by atoms with Crippen molar-refractivity contribution in [2.24, 2.45) is 5.92 Å². The molecule has 0 spiro atoms. The van der Waals surface area contributed by atoms with Crippen LogP contribution in [0, 0.1) is 5.92 Å². The second-order valence-electron chi connectivity index (χ2n) is 7.49. The van der Waals surface area contributed by atoms with E-state index < -0.39 is 10.0 Å². The molecule has 1 saturated carbocycles. The molecule has 2 atom stereocenters. The lowest BCUT2D eigenvalue weighted by Crippen LogP contribution is -2.47. The second-order valence-corrected chi connectivity index (χ2v) is 9.83. The minimum atomic E-state index is -3.35. The van der Waals surface area contributed by atoms with Gasteiger partial charge in [-0.1, -0.05) is 36.2 Å². The fourth-order valence-corrected chi connectivity index (χ4v) is 5.62. The lowest BCUT2D eigenvalue weighted by Gasteiger charge is -2.30. The molecule has 150 valence electrons. The molecule has 8 heteroatoms. The van der Waals surface area contributed by atoms with Crippen molar-refractivity contribution in [3.63, 3.8) is 0 Å². The van der Waals surface area contributed by atoms with Crippen molar-refractivity contribution in [2.45, 2.75) is 38.3 Å². The Labute approximate surface area is 166 Å². The average molecular weight is 414 g/mol. The molecule has 2 aliphatic rings. The number of carbonyl (C=O) groups excluding carboxylic acids is 1. The summed E-state index contributed by atoms with van der Waals surface area (Å²) in [5.74, 6) is -0.263. The number of amides is 1. The molecule has 1 aliphatic heterocycles. The van der Waals surface area contributed by atoms with Gasteiger partial charge in [0, 0.05) is 37.2 Å². The third kappa shape index (κ3) is 5.22. The Kier molecular flexibility index (Phi) is 6.78. The lowest BCUT2D eigenvalue weighted by molar-refractivity contribution is -0.125. The zero-order valence-electron chi connectivity index (χ0n) is 15.7. The predicted molar refractivity (Wildman–Crippen MR) is 107 cm³/mol. The number of nitrogens with one attached hydrogen (secondary N) is 1. The summed E-state index contributed by atoms with van der Waals surface area (Å²) in [5, 5.41) is 3.74. The van der Waals surface area contributed by atoms with Crippen LogP contribution in [0.3, 0.4) is 0 Å². The van der Waals surface area contributed by atoms with E-state index in [1.54, 1.807) is 4.31 Å². The fourth-order valence-electron chi connectivity index (χ4n) is 4.22. The van der Waals surface area contributed by atoms with Gasteiger partial charge >= 0.3 is 0 Å². The molecular formula is C19H28ClN3O3S. The summed E-state index contributed by atoms with van der Waals surface area (Å²) in [6.45, 7) is 3.16. The van der Waals surface area contributed by atoms with Gasteiger partial charge in [0.25, 0.3) is 0 Å². The maximum Gasteiger partial charge on any atom is 0.224 e. The van der Waals surface area contributed by atoms with Crippen molar-refractivity contribution in [2.75, 3.05) is 32.4 Å². The summed E-state index contributed by atoms with van der Waals surface area (Å²) in [6.07, 6.45) is 4.39. The largest absolute Gasteiger partial charge is 0.355 e. The summed E-state index contributed by atoms with van der Waals surface area (Å²) in [6, 6.07) is 7.52. The SMILES string of the molecule is CS(=O)(=O)N1CCCN(Cc2ccccc2Cl)CCNC(=O)C2CCCC21. The van der Waals surface area contributed by atoms with Crippen LogP contribution in [0.25, 0.3) is 0 Å². The van der Waals surface area contributed by atoms with Crippen molar-refractivity contribution < 1.29 is 13.2 Å². The molecular weight excluding hydrogens is 386 g/mol. The average Bonchev–Trinajstić information content (AvgIpc) is 3.07. The quantitative estimate of drug-likeness (QED) is 0.823. The third-order valence-electron chi connectivity index (χ3n) is 5.54. The number of rotatable bonds is 3. The van der Waals surface area contributed by atoms with Gasteiger partial charge in [0.15, 0.2) is 0 Å². The molecule has 1 aromatic carbocycles. The van der Waals surface area contributed by atoms with Crippen LogP contribution >= 0.6 is 11.6 Å². The van der Waals surface area contributed by atoms with Crippen LogP contribution in [0.5, 0.6) is 0 Å². The zero-order chi connectivity index (χ0) is 19.4. The van der Waals surface area contributed by atoms with Crippen LogP contribution in [0.2, 0.25) is 5.02 Å². The number of halogens is 1. The highest BCUT2D eigenvalue weighted by Crippen LogP contribution is 2.32. The molecule has 1 amide bonds. The van der Waals surface area contributed by atoms with Crippen LogP contribution in [0.4, 0.5) is 0 Å². The summed E-state index contributed by atoms with van der Waals surface area (Å²) in [7, 11) is -3.35. The van der Waals surface area contributed by atoms with Crippen molar-refractivity contribution in [3.05, 3.63) is 34.9 Å². The normalized spacial score (nSPS) is 26.2. The molecule has 0 aromatic heterocycles. The Hall–Kier alpha value is -1.15. The first-order valence-corrected chi connectivity index (χ1v) is 11.8. The van der Waals surface area contributed by atoms with Gasteiger partial charge in [0.2, 0.25) is 15.9 Å². The van der Waals surface area contributed by atoms with Crippen LogP contribution in [-0.4, -0.2) is 62.0 Å². The van der Waals surface area contributed by atoms with Crippen molar-refractivity contribution in [1.82, 2.24) is 14.5 Å². The highest BCUT2D eigenvalue weighted by molar-refractivity contribution is 7.88. The molecule has 1 saturated heterocycles. The van der Waals surface area contributed by atoms with Crippen molar-refractivity contribution in [1.29, 1.82) is 0 Å². The van der Waals surface area contributed by atoms with E-state index in [1.165, 1.54) is 6.26 Å². The van der Waals surface area contributed by atoms with Crippen LogP contribution in [-0.2, 0) is 21.4 Å². The Morgan fingerprint density at radius 1 is 1.15 bits per heavy atom. The van der Waals surface area contributed by atoms with E-state index in [2.05, 4.69) is 10.2 Å². The fraction of sp³-hybridized carbons (Fsp3) is 0.632. The number of hydrogen-bond acceptors (Lipinski definition) is 4. The van der Waals surface area contributed by atoms with Crippen LogP contribution < -0.4 is 5.32 Å². The number of fused-ring (bicyclic) bond motifs is 1. The summed E-state index contributed by atoms with van der Waals surface area (Å²) < 4.78 is 26.3. The van der Waals surface area contributed by atoms with E-state index in [1.807, 2.05) is 24.3 Å². The molecule has 2 unspecified atom stereocenters. The smallest absolute Gasteiger partial charge is 0.224 e. The number of carbonyl (C=O) groups is 1. The molecule has 1 aliphatic carbocycles. The van der Waals surface area contributed by atoms with E-state index in [-0.39, 0.29) is 17.9 Å². The first-order valence-electron chi connectivity index (χ1n) is 9.56. The second kappa shape index (κ2) is 8.90. The number of benzene rings is 1. The molecule has 3 rings (SSSR count). The summed E-state index contributed by atoms with van der Waals surface area (Å²) >= 11 is 6.29. The van der Waals surface area contributed by atoms with Gasteiger partial charge in [-0.3, -0.25) is 9.69 Å². The Bertz CT molecular complexity index is 771. The van der Waals surface area contributed by atoms with Crippen LogP contribution in [0.1, 0.15) is 31.2 Å². The lowest BCUT2D eigenvalue weighted by atomic mass is 10.0. The van der Waals surface area contributed by atoms with Gasteiger partial charge < -0.3 is 5.32 Å².